The Hall–Kier alpha value is -3.52. The lowest BCUT2D eigenvalue weighted by Crippen LogP contribution is -2.44. The van der Waals surface area contributed by atoms with E-state index < -0.39 is 22.2 Å². The molecule has 0 fully saturated rings. The van der Waals surface area contributed by atoms with Gasteiger partial charge in [0.15, 0.2) is 22.2 Å². The van der Waals surface area contributed by atoms with Crippen LogP contribution in [0.3, 0.4) is 0 Å². The molecule has 0 aliphatic heterocycles. The minimum Gasteiger partial charge on any atom is -0.395 e. The van der Waals surface area contributed by atoms with Crippen molar-refractivity contribution >= 4 is 23.6 Å². The van der Waals surface area contributed by atoms with Crippen LogP contribution in [0.25, 0.3) is 0 Å². The third-order valence-electron chi connectivity index (χ3n) is 4.93. The molecule has 0 aromatic heterocycles. The Morgan fingerprint density at radius 3 is 0.975 bits per heavy atom. The van der Waals surface area contributed by atoms with Gasteiger partial charge in [-0.15, -0.1) is 13.2 Å². The summed E-state index contributed by atoms with van der Waals surface area (Å²) in [6, 6.07) is 0. The van der Waals surface area contributed by atoms with Gasteiger partial charge >= 0.3 is 0 Å². The van der Waals surface area contributed by atoms with Gasteiger partial charge in [0.25, 0.3) is 0 Å². The van der Waals surface area contributed by atoms with Crippen molar-refractivity contribution in [3.8, 4) is 0 Å². The lowest BCUT2D eigenvalue weighted by atomic mass is 10.0. The van der Waals surface area contributed by atoms with E-state index in [2.05, 4.69) is 54.9 Å². The van der Waals surface area contributed by atoms with Crippen LogP contribution < -0.4 is 21.3 Å². The third-order valence-corrected chi connectivity index (χ3v) is 4.93. The van der Waals surface area contributed by atoms with E-state index >= 15 is 0 Å². The predicted octanol–water partition coefficient (Wildman–Crippen LogP) is 0.813. The van der Waals surface area contributed by atoms with Crippen LogP contribution in [0.2, 0.25) is 0 Å². The molecular weight excluding hydrogens is 520 g/mol. The number of aliphatic hydroxyl groups excluding tert-OH is 2. The molecule has 0 spiro atoms. The van der Waals surface area contributed by atoms with E-state index in [1.165, 1.54) is 0 Å². The number of aliphatic hydroxyl groups is 2. The summed E-state index contributed by atoms with van der Waals surface area (Å²) in [6.07, 6.45) is 3.16. The summed E-state index contributed by atoms with van der Waals surface area (Å²) in [5.74, 6) is -1.32. The van der Waals surface area contributed by atoms with Gasteiger partial charge in [-0.3, -0.25) is 19.2 Å². The molecule has 0 saturated heterocycles. The van der Waals surface area contributed by atoms with Crippen LogP contribution in [0.1, 0.15) is 55.4 Å². The first-order valence-electron chi connectivity index (χ1n) is 12.8. The van der Waals surface area contributed by atoms with Gasteiger partial charge in [0.05, 0.1) is 13.2 Å². The van der Waals surface area contributed by atoms with Gasteiger partial charge in [-0.1, -0.05) is 12.2 Å². The zero-order valence-electron chi connectivity index (χ0n) is 25.1. The Morgan fingerprint density at radius 1 is 0.550 bits per heavy atom. The Bertz CT molecular complexity index is 854. The van der Waals surface area contributed by atoms with Crippen LogP contribution in [0.4, 0.5) is 0 Å². The number of hydrogen-bond donors (Lipinski definition) is 6. The first-order valence-corrected chi connectivity index (χ1v) is 12.8. The molecule has 6 N–H and O–H groups in total. The standard InChI is InChI=1S/C14H24N4O2.C12H24N4O4/c1-7-9-15-11(19)13(3,4)17-18-14(5,6)12(20)16-10-8-2;1-11(2,9(19)13-5-7-17)15-16-12(3,4)10(20)14-6-8-18/h7-8H,1-2,9-10H2,3-6H3,(H,15,19)(H,16,20);17-18H,5-8H2,1-4H3,(H,13,19)(H,14,20). The van der Waals surface area contributed by atoms with Gasteiger partial charge in [0.1, 0.15) is 0 Å². The molecule has 0 aromatic carbocycles. The van der Waals surface area contributed by atoms with Gasteiger partial charge in [0.2, 0.25) is 23.6 Å². The first kappa shape index (κ1) is 38.6. The number of rotatable bonds is 16. The molecule has 228 valence electrons. The smallest absolute Gasteiger partial charge is 0.249 e. The number of carbonyl (C=O) groups excluding carboxylic acids is 4. The van der Waals surface area contributed by atoms with Gasteiger partial charge in [-0.05, 0) is 55.4 Å². The molecule has 0 saturated carbocycles. The number of amides is 4. The van der Waals surface area contributed by atoms with Gasteiger partial charge in [0, 0.05) is 26.2 Å². The van der Waals surface area contributed by atoms with Crippen molar-refractivity contribution in [2.45, 2.75) is 77.5 Å². The molecule has 14 nitrogen and oxygen atoms in total. The van der Waals surface area contributed by atoms with Crippen LogP contribution >= 0.6 is 0 Å². The SMILES string of the molecule is C=CCNC(=O)C(C)(C)N=NC(C)(C)C(=O)NCC=C.CC(C)(N=NC(C)(C)C(=O)NCCO)C(=O)NCCO. The Morgan fingerprint density at radius 2 is 0.775 bits per heavy atom. The second-order valence-corrected chi connectivity index (χ2v) is 10.6. The maximum Gasteiger partial charge on any atom is 0.249 e. The summed E-state index contributed by atoms with van der Waals surface area (Å²) < 4.78 is 0. The summed E-state index contributed by atoms with van der Waals surface area (Å²) >= 11 is 0. The first-order chi connectivity index (χ1) is 18.3. The van der Waals surface area contributed by atoms with E-state index in [1.807, 2.05) is 0 Å². The molecule has 0 atom stereocenters. The number of nitrogens with zero attached hydrogens (tertiary/aromatic N) is 4. The van der Waals surface area contributed by atoms with E-state index in [1.54, 1.807) is 67.5 Å². The highest BCUT2D eigenvalue weighted by atomic mass is 16.3. The highest BCUT2D eigenvalue weighted by Crippen LogP contribution is 2.17. The molecule has 40 heavy (non-hydrogen) atoms. The molecule has 0 rings (SSSR count). The Kier molecular flexibility index (Phi) is 17.3. The molecule has 0 radical (unpaired) electrons. The van der Waals surface area contributed by atoms with Crippen molar-refractivity contribution in [2.24, 2.45) is 20.5 Å². The molecule has 0 unspecified atom stereocenters. The second-order valence-electron chi connectivity index (χ2n) is 10.6. The summed E-state index contributed by atoms with van der Waals surface area (Å²) in [5.41, 5.74) is -4.36. The summed E-state index contributed by atoms with van der Waals surface area (Å²) in [5, 5.41) is 43.4. The van der Waals surface area contributed by atoms with Crippen molar-refractivity contribution < 1.29 is 29.4 Å². The zero-order chi connectivity index (χ0) is 31.6. The lowest BCUT2D eigenvalue weighted by molar-refractivity contribution is -0.127. The molecule has 0 bridgehead atoms. The van der Waals surface area contributed by atoms with Crippen LogP contribution in [0.15, 0.2) is 45.8 Å². The largest absolute Gasteiger partial charge is 0.395 e. The zero-order valence-corrected chi connectivity index (χ0v) is 25.1. The van der Waals surface area contributed by atoms with E-state index in [0.29, 0.717) is 13.1 Å². The van der Waals surface area contributed by atoms with Gasteiger partial charge in [-0.2, -0.15) is 20.5 Å². The number of hydrogen-bond acceptors (Lipinski definition) is 10. The average molecular weight is 569 g/mol. The molecule has 14 heteroatoms. The minimum absolute atomic E-state index is 0.137. The van der Waals surface area contributed by atoms with Gasteiger partial charge in [-0.25, -0.2) is 0 Å². The number of nitrogens with one attached hydrogen (secondary N) is 4. The van der Waals surface area contributed by atoms with Crippen molar-refractivity contribution in [1.82, 2.24) is 21.3 Å². The summed E-state index contributed by atoms with van der Waals surface area (Å²) in [6.45, 7) is 20.5. The third kappa shape index (κ3) is 15.2. The lowest BCUT2D eigenvalue weighted by Gasteiger charge is -2.21. The average Bonchev–Trinajstić information content (AvgIpc) is 2.89. The fourth-order valence-corrected chi connectivity index (χ4v) is 2.22. The quantitative estimate of drug-likeness (QED) is 0.117. The monoisotopic (exact) mass is 568 g/mol. The maximum atomic E-state index is 11.9. The second kappa shape index (κ2) is 17.9. The van der Waals surface area contributed by atoms with E-state index in [0.717, 1.165) is 0 Å². The van der Waals surface area contributed by atoms with Crippen LogP contribution in [-0.4, -0.2) is 95.4 Å². The van der Waals surface area contributed by atoms with Crippen molar-refractivity contribution in [1.29, 1.82) is 0 Å². The molecule has 4 amide bonds. The topological polar surface area (TPSA) is 206 Å². The minimum atomic E-state index is -1.14. The van der Waals surface area contributed by atoms with E-state index in [4.69, 9.17) is 10.2 Å². The van der Waals surface area contributed by atoms with Crippen LogP contribution in [-0.2, 0) is 19.2 Å². The Labute approximate surface area is 237 Å². The normalized spacial score (nSPS) is 12.2. The highest BCUT2D eigenvalue weighted by Gasteiger charge is 2.33. The molecular formula is C26H48N8O6. The van der Waals surface area contributed by atoms with Crippen molar-refractivity contribution in [3.05, 3.63) is 25.3 Å². The van der Waals surface area contributed by atoms with Crippen molar-refractivity contribution in [3.63, 3.8) is 0 Å². The van der Waals surface area contributed by atoms with Gasteiger partial charge < -0.3 is 31.5 Å². The van der Waals surface area contributed by atoms with Crippen LogP contribution in [0.5, 0.6) is 0 Å². The molecule has 0 heterocycles. The fraction of sp³-hybridized carbons (Fsp3) is 0.692. The summed E-state index contributed by atoms with van der Waals surface area (Å²) in [4.78, 5) is 47.3. The summed E-state index contributed by atoms with van der Waals surface area (Å²) in [7, 11) is 0. The van der Waals surface area contributed by atoms with E-state index in [-0.39, 0.29) is 49.9 Å². The maximum absolute atomic E-state index is 11.9. The number of carbonyl (C=O) groups is 4. The molecule has 0 aliphatic rings. The molecule has 0 aromatic rings. The molecule has 0 aliphatic carbocycles. The van der Waals surface area contributed by atoms with Crippen LogP contribution in [0, 0.1) is 0 Å². The van der Waals surface area contributed by atoms with Crippen molar-refractivity contribution in [2.75, 3.05) is 39.4 Å². The highest BCUT2D eigenvalue weighted by molar-refractivity contribution is 5.87. The fourth-order valence-electron chi connectivity index (χ4n) is 2.22. The Balaban J connectivity index is 0. The predicted molar refractivity (Wildman–Crippen MR) is 153 cm³/mol. The van der Waals surface area contributed by atoms with E-state index in [9.17, 15) is 19.2 Å². The number of azo groups is 2.